The Balaban J connectivity index is 2.19. The summed E-state index contributed by atoms with van der Waals surface area (Å²) in [5, 5.41) is 0.505. The summed E-state index contributed by atoms with van der Waals surface area (Å²) in [6, 6.07) is 4.69. The molecular formula is C13H17BrClNO2S. The fourth-order valence-corrected chi connectivity index (χ4v) is 4.46. The summed E-state index contributed by atoms with van der Waals surface area (Å²) in [6.45, 7) is 2.10. The molecule has 0 amide bonds. The molecule has 2 rings (SSSR count). The van der Waals surface area contributed by atoms with Crippen molar-refractivity contribution in [3.63, 3.8) is 0 Å². The molecule has 1 aliphatic rings. The van der Waals surface area contributed by atoms with Crippen LogP contribution in [-0.4, -0.2) is 14.5 Å². The van der Waals surface area contributed by atoms with Crippen LogP contribution in [0.3, 0.4) is 0 Å². The van der Waals surface area contributed by atoms with E-state index in [1.54, 1.807) is 6.07 Å². The lowest BCUT2D eigenvalue weighted by atomic mass is 9.87. The van der Waals surface area contributed by atoms with Crippen LogP contribution in [0.5, 0.6) is 0 Å². The molecule has 0 radical (unpaired) electrons. The van der Waals surface area contributed by atoms with Gasteiger partial charge in [-0.2, -0.15) is 0 Å². The number of hydrogen-bond acceptors (Lipinski definition) is 2. The van der Waals surface area contributed by atoms with Gasteiger partial charge in [-0.3, -0.25) is 0 Å². The largest absolute Gasteiger partial charge is 0.240 e. The van der Waals surface area contributed by atoms with E-state index in [0.29, 0.717) is 15.4 Å². The van der Waals surface area contributed by atoms with Crippen LogP contribution in [0.2, 0.25) is 5.02 Å². The van der Waals surface area contributed by atoms with E-state index in [1.165, 1.54) is 18.6 Å². The van der Waals surface area contributed by atoms with Gasteiger partial charge in [0.15, 0.2) is 0 Å². The van der Waals surface area contributed by atoms with Crippen molar-refractivity contribution in [3.8, 4) is 0 Å². The minimum absolute atomic E-state index is 0.0354. The number of hydrogen-bond donors (Lipinski definition) is 1. The molecule has 0 bridgehead atoms. The third-order valence-corrected chi connectivity index (χ3v) is 6.32. The lowest BCUT2D eigenvalue weighted by Crippen LogP contribution is -2.40. The number of benzene rings is 1. The molecule has 19 heavy (non-hydrogen) atoms. The molecule has 2 unspecified atom stereocenters. The predicted octanol–water partition coefficient (Wildman–Crippen LogP) is 3.96. The first kappa shape index (κ1) is 15.3. The van der Waals surface area contributed by atoms with Crippen molar-refractivity contribution >= 4 is 37.6 Å². The molecule has 0 spiro atoms. The van der Waals surface area contributed by atoms with E-state index in [4.69, 9.17) is 11.6 Å². The lowest BCUT2D eigenvalue weighted by Gasteiger charge is -2.29. The molecule has 1 aliphatic carbocycles. The zero-order valence-corrected chi connectivity index (χ0v) is 13.9. The summed E-state index contributed by atoms with van der Waals surface area (Å²) in [5.41, 5.74) is 0. The summed E-state index contributed by atoms with van der Waals surface area (Å²) < 4.78 is 28.1. The van der Waals surface area contributed by atoms with Gasteiger partial charge in [0.25, 0.3) is 0 Å². The van der Waals surface area contributed by atoms with Gasteiger partial charge >= 0.3 is 0 Å². The molecule has 1 aromatic rings. The molecule has 6 heteroatoms. The van der Waals surface area contributed by atoms with Crippen molar-refractivity contribution in [1.82, 2.24) is 4.72 Å². The Hall–Kier alpha value is -0.100. The van der Waals surface area contributed by atoms with Gasteiger partial charge in [0, 0.05) is 10.5 Å². The normalized spacial score (nSPS) is 24.4. The van der Waals surface area contributed by atoms with Gasteiger partial charge < -0.3 is 0 Å². The highest BCUT2D eigenvalue weighted by molar-refractivity contribution is 9.10. The average molecular weight is 367 g/mol. The second-order valence-corrected chi connectivity index (χ2v) is 8.04. The first-order valence-electron chi connectivity index (χ1n) is 6.37. The molecule has 1 fully saturated rings. The highest BCUT2D eigenvalue weighted by Crippen LogP contribution is 2.28. The smallest absolute Gasteiger partial charge is 0.208 e. The molecule has 0 aliphatic heterocycles. The topological polar surface area (TPSA) is 46.2 Å². The molecule has 1 N–H and O–H groups in total. The maximum atomic E-state index is 12.3. The maximum Gasteiger partial charge on any atom is 0.240 e. The molecule has 106 valence electrons. The van der Waals surface area contributed by atoms with Gasteiger partial charge in [-0.05, 0) is 52.9 Å². The van der Waals surface area contributed by atoms with Gasteiger partial charge in [-0.1, -0.05) is 31.4 Å². The molecule has 0 saturated heterocycles. The van der Waals surface area contributed by atoms with Gasteiger partial charge in [0.05, 0.1) is 9.92 Å². The Labute approximate surface area is 127 Å². The number of rotatable bonds is 3. The van der Waals surface area contributed by atoms with Gasteiger partial charge in [0.1, 0.15) is 0 Å². The maximum absolute atomic E-state index is 12.3. The Bertz CT molecular complexity index is 562. The standard InChI is InChI=1S/C13H17BrClNO2S/c1-9-4-2-3-5-13(9)16-19(17,18)10-6-7-12(15)11(14)8-10/h6-9,13,16H,2-5H2,1H3. The minimum Gasteiger partial charge on any atom is -0.208 e. The van der Waals surface area contributed by atoms with Crippen LogP contribution < -0.4 is 4.72 Å². The van der Waals surface area contributed by atoms with Gasteiger partial charge in [-0.15, -0.1) is 0 Å². The van der Waals surface area contributed by atoms with Crippen LogP contribution in [0.1, 0.15) is 32.6 Å². The molecule has 0 aromatic heterocycles. The second kappa shape index (κ2) is 6.12. The van der Waals surface area contributed by atoms with E-state index in [1.807, 2.05) is 0 Å². The van der Waals surface area contributed by atoms with E-state index < -0.39 is 10.0 Å². The Morgan fingerprint density at radius 3 is 2.63 bits per heavy atom. The zero-order chi connectivity index (χ0) is 14.0. The van der Waals surface area contributed by atoms with Crippen molar-refractivity contribution in [1.29, 1.82) is 0 Å². The van der Waals surface area contributed by atoms with Crippen LogP contribution >= 0.6 is 27.5 Å². The van der Waals surface area contributed by atoms with Gasteiger partial charge in [0.2, 0.25) is 10.0 Å². The van der Waals surface area contributed by atoms with Crippen LogP contribution in [0.25, 0.3) is 0 Å². The van der Waals surface area contributed by atoms with Crippen molar-refractivity contribution in [2.45, 2.75) is 43.5 Å². The minimum atomic E-state index is -3.47. The molecule has 0 heterocycles. The fraction of sp³-hybridized carbons (Fsp3) is 0.538. The molecule has 2 atom stereocenters. The highest BCUT2D eigenvalue weighted by atomic mass is 79.9. The quantitative estimate of drug-likeness (QED) is 0.880. The van der Waals surface area contributed by atoms with E-state index >= 15 is 0 Å². The fourth-order valence-electron chi connectivity index (χ4n) is 2.40. The zero-order valence-electron chi connectivity index (χ0n) is 10.7. The van der Waals surface area contributed by atoms with Crippen LogP contribution in [0.4, 0.5) is 0 Å². The van der Waals surface area contributed by atoms with Crippen LogP contribution in [0, 0.1) is 5.92 Å². The van der Waals surface area contributed by atoms with Crippen molar-refractivity contribution in [2.24, 2.45) is 5.92 Å². The molecule has 3 nitrogen and oxygen atoms in total. The monoisotopic (exact) mass is 365 g/mol. The van der Waals surface area contributed by atoms with Crippen LogP contribution in [0.15, 0.2) is 27.6 Å². The Kier molecular flexibility index (Phi) is 4.93. The number of nitrogens with one attached hydrogen (secondary N) is 1. The Morgan fingerprint density at radius 1 is 1.32 bits per heavy atom. The Morgan fingerprint density at radius 2 is 2.00 bits per heavy atom. The number of sulfonamides is 1. The third-order valence-electron chi connectivity index (χ3n) is 3.62. The molecule has 1 aromatic carbocycles. The third kappa shape index (κ3) is 3.72. The SMILES string of the molecule is CC1CCCCC1NS(=O)(=O)c1ccc(Cl)c(Br)c1. The van der Waals surface area contributed by atoms with E-state index in [0.717, 1.165) is 19.3 Å². The summed E-state index contributed by atoms with van der Waals surface area (Å²) in [6.07, 6.45) is 4.26. The highest BCUT2D eigenvalue weighted by Gasteiger charge is 2.26. The lowest BCUT2D eigenvalue weighted by molar-refractivity contribution is 0.310. The number of halogens is 2. The summed E-state index contributed by atoms with van der Waals surface area (Å²) in [7, 11) is -3.47. The first-order valence-corrected chi connectivity index (χ1v) is 9.03. The van der Waals surface area contributed by atoms with Crippen molar-refractivity contribution < 1.29 is 8.42 Å². The van der Waals surface area contributed by atoms with Crippen molar-refractivity contribution in [2.75, 3.05) is 0 Å². The predicted molar refractivity (Wildman–Crippen MR) is 80.9 cm³/mol. The second-order valence-electron chi connectivity index (χ2n) is 5.07. The van der Waals surface area contributed by atoms with Gasteiger partial charge in [-0.25, -0.2) is 13.1 Å². The summed E-state index contributed by atoms with van der Waals surface area (Å²) in [4.78, 5) is 0.251. The van der Waals surface area contributed by atoms with Crippen molar-refractivity contribution in [3.05, 3.63) is 27.7 Å². The van der Waals surface area contributed by atoms with E-state index in [9.17, 15) is 8.42 Å². The molecule has 1 saturated carbocycles. The first-order chi connectivity index (χ1) is 8.90. The van der Waals surface area contributed by atoms with E-state index in [-0.39, 0.29) is 10.9 Å². The molecular weight excluding hydrogens is 350 g/mol. The summed E-state index contributed by atoms with van der Waals surface area (Å²) >= 11 is 9.14. The average Bonchev–Trinajstić information content (AvgIpc) is 2.35. The van der Waals surface area contributed by atoms with E-state index in [2.05, 4.69) is 27.6 Å². The summed E-state index contributed by atoms with van der Waals surface area (Å²) in [5.74, 6) is 0.388. The van der Waals surface area contributed by atoms with Crippen LogP contribution in [-0.2, 0) is 10.0 Å².